The van der Waals surface area contributed by atoms with Crippen molar-refractivity contribution in [2.24, 2.45) is 5.92 Å². The Morgan fingerprint density at radius 2 is 2.00 bits per heavy atom. The predicted molar refractivity (Wildman–Crippen MR) is 51.6 cm³/mol. The highest BCUT2D eigenvalue weighted by atomic mass is 19.3. The lowest BCUT2D eigenvalue weighted by Crippen LogP contribution is -2.36. The number of hydrogen-bond acceptors (Lipinski definition) is 2. The predicted octanol–water partition coefficient (Wildman–Crippen LogP) is 1.31. The van der Waals surface area contributed by atoms with E-state index in [-0.39, 0.29) is 44.1 Å². The average Bonchev–Trinajstić information content (AvgIpc) is 2.18. The summed E-state index contributed by atoms with van der Waals surface area (Å²) in [6.07, 6.45) is 0.653. The van der Waals surface area contributed by atoms with Crippen molar-refractivity contribution in [3.63, 3.8) is 0 Å². The van der Waals surface area contributed by atoms with Gasteiger partial charge in [0.15, 0.2) is 0 Å². The van der Waals surface area contributed by atoms with Crippen LogP contribution in [0, 0.1) is 5.92 Å². The zero-order valence-electron chi connectivity index (χ0n) is 8.64. The van der Waals surface area contributed by atoms with Crippen molar-refractivity contribution in [2.45, 2.75) is 38.0 Å². The molecule has 0 unspecified atom stereocenters. The number of carbonyl (C=O) groups is 1. The summed E-state index contributed by atoms with van der Waals surface area (Å²) < 4.78 is 25.6. The summed E-state index contributed by atoms with van der Waals surface area (Å²) in [6, 6.07) is 0. The second-order valence-corrected chi connectivity index (χ2v) is 4.00. The van der Waals surface area contributed by atoms with Crippen molar-refractivity contribution in [1.82, 2.24) is 5.32 Å². The van der Waals surface area contributed by atoms with Gasteiger partial charge >= 0.3 is 0 Å². The fraction of sp³-hybridized carbons (Fsp3) is 0.900. The third-order valence-electron chi connectivity index (χ3n) is 2.72. The summed E-state index contributed by atoms with van der Waals surface area (Å²) in [4.78, 5) is 11.4. The molecule has 88 valence electrons. The zero-order chi connectivity index (χ0) is 11.3. The Labute approximate surface area is 87.9 Å². The highest BCUT2D eigenvalue weighted by Gasteiger charge is 2.37. The number of rotatable bonds is 4. The van der Waals surface area contributed by atoms with Crippen molar-refractivity contribution >= 4 is 5.91 Å². The van der Waals surface area contributed by atoms with Gasteiger partial charge in [-0.05, 0) is 19.3 Å². The molecule has 0 saturated heterocycles. The smallest absolute Gasteiger partial charge is 0.248 e. The molecule has 1 saturated carbocycles. The highest BCUT2D eigenvalue weighted by Crippen LogP contribution is 2.36. The molecule has 1 aliphatic rings. The number of hydrogen-bond donors (Lipinski definition) is 2. The first-order valence-electron chi connectivity index (χ1n) is 5.31. The van der Waals surface area contributed by atoms with Crippen LogP contribution in [0.5, 0.6) is 0 Å². The fourth-order valence-electron chi connectivity index (χ4n) is 1.74. The van der Waals surface area contributed by atoms with Crippen molar-refractivity contribution in [3.05, 3.63) is 0 Å². The molecule has 0 atom stereocenters. The summed E-state index contributed by atoms with van der Waals surface area (Å²) >= 11 is 0. The average molecular weight is 221 g/mol. The fourth-order valence-corrected chi connectivity index (χ4v) is 1.74. The number of carbonyl (C=O) groups excluding carboxylic acids is 1. The van der Waals surface area contributed by atoms with E-state index >= 15 is 0 Å². The molecule has 1 rings (SSSR count). The maximum absolute atomic E-state index is 12.8. The van der Waals surface area contributed by atoms with Crippen LogP contribution in [0.1, 0.15) is 32.1 Å². The molecule has 0 heterocycles. The van der Waals surface area contributed by atoms with Crippen LogP contribution in [0.2, 0.25) is 0 Å². The Morgan fingerprint density at radius 3 is 2.53 bits per heavy atom. The molecule has 0 aliphatic heterocycles. The van der Waals surface area contributed by atoms with Gasteiger partial charge in [0.25, 0.3) is 0 Å². The van der Waals surface area contributed by atoms with Gasteiger partial charge < -0.3 is 10.4 Å². The van der Waals surface area contributed by atoms with Gasteiger partial charge in [-0.15, -0.1) is 0 Å². The van der Waals surface area contributed by atoms with Gasteiger partial charge in [0.1, 0.15) is 0 Å². The molecule has 0 radical (unpaired) electrons. The summed E-state index contributed by atoms with van der Waals surface area (Å²) in [5, 5.41) is 11.1. The molecular weight excluding hydrogens is 204 g/mol. The van der Waals surface area contributed by atoms with Crippen molar-refractivity contribution in [3.8, 4) is 0 Å². The minimum atomic E-state index is -2.58. The van der Waals surface area contributed by atoms with Gasteiger partial charge in [-0.2, -0.15) is 0 Å². The summed E-state index contributed by atoms with van der Waals surface area (Å²) in [6.45, 7) is 0.450. The maximum atomic E-state index is 12.8. The lowest BCUT2D eigenvalue weighted by atomic mass is 9.86. The Hall–Kier alpha value is -0.710. The third kappa shape index (κ3) is 4.11. The van der Waals surface area contributed by atoms with Crippen LogP contribution in [0.15, 0.2) is 0 Å². The molecule has 0 aromatic rings. The van der Waals surface area contributed by atoms with E-state index in [4.69, 9.17) is 5.11 Å². The van der Waals surface area contributed by atoms with E-state index in [1.807, 2.05) is 0 Å². The molecule has 0 aromatic heterocycles. The Balaban J connectivity index is 2.24. The molecule has 5 heteroatoms. The zero-order valence-corrected chi connectivity index (χ0v) is 8.64. The molecule has 1 fully saturated rings. The molecule has 3 nitrogen and oxygen atoms in total. The molecule has 0 spiro atoms. The molecule has 1 amide bonds. The van der Waals surface area contributed by atoms with E-state index in [1.165, 1.54) is 0 Å². The maximum Gasteiger partial charge on any atom is 0.248 e. The lowest BCUT2D eigenvalue weighted by Gasteiger charge is -2.27. The van der Waals surface area contributed by atoms with E-state index in [0.717, 1.165) is 0 Å². The second kappa shape index (κ2) is 5.39. The normalized spacial score (nSPS) is 21.3. The molecule has 2 N–H and O–H groups in total. The van der Waals surface area contributed by atoms with Gasteiger partial charge in [-0.3, -0.25) is 4.79 Å². The Bertz CT molecular complexity index is 211. The van der Waals surface area contributed by atoms with Gasteiger partial charge in [0.05, 0.1) is 0 Å². The topological polar surface area (TPSA) is 49.3 Å². The molecule has 15 heavy (non-hydrogen) atoms. The molecule has 0 bridgehead atoms. The van der Waals surface area contributed by atoms with Crippen LogP contribution in [0.3, 0.4) is 0 Å². The van der Waals surface area contributed by atoms with Gasteiger partial charge in [-0.25, -0.2) is 8.78 Å². The lowest BCUT2D eigenvalue weighted by molar-refractivity contribution is -0.129. The van der Waals surface area contributed by atoms with Crippen LogP contribution in [-0.4, -0.2) is 30.1 Å². The number of alkyl halides is 2. The number of amides is 1. The minimum Gasteiger partial charge on any atom is -0.396 e. The number of aliphatic hydroxyl groups excluding tert-OH is 1. The van der Waals surface area contributed by atoms with Crippen LogP contribution < -0.4 is 5.32 Å². The first kappa shape index (κ1) is 12.4. The van der Waals surface area contributed by atoms with E-state index in [2.05, 4.69) is 5.32 Å². The number of nitrogens with one attached hydrogen (secondary N) is 1. The quantitative estimate of drug-likeness (QED) is 0.703. The third-order valence-corrected chi connectivity index (χ3v) is 2.72. The van der Waals surface area contributed by atoms with Crippen LogP contribution in [0.4, 0.5) is 8.78 Å². The van der Waals surface area contributed by atoms with Crippen molar-refractivity contribution in [1.29, 1.82) is 0 Å². The van der Waals surface area contributed by atoms with Gasteiger partial charge in [-0.1, -0.05) is 0 Å². The first-order valence-corrected chi connectivity index (χ1v) is 5.31. The second-order valence-electron chi connectivity index (χ2n) is 4.00. The van der Waals surface area contributed by atoms with Crippen LogP contribution in [0.25, 0.3) is 0 Å². The highest BCUT2D eigenvalue weighted by molar-refractivity contribution is 5.78. The van der Waals surface area contributed by atoms with Crippen LogP contribution in [-0.2, 0) is 4.79 Å². The van der Waals surface area contributed by atoms with Gasteiger partial charge in [0.2, 0.25) is 11.8 Å². The number of aliphatic hydroxyl groups is 1. The minimum absolute atomic E-state index is 0.0308. The summed E-state index contributed by atoms with van der Waals surface area (Å²) in [5.41, 5.74) is 0. The van der Waals surface area contributed by atoms with Crippen molar-refractivity contribution in [2.75, 3.05) is 13.2 Å². The first-order chi connectivity index (χ1) is 7.05. The monoisotopic (exact) mass is 221 g/mol. The van der Waals surface area contributed by atoms with Gasteiger partial charge in [0, 0.05) is 31.9 Å². The molecule has 1 aliphatic carbocycles. The Kier molecular flexibility index (Phi) is 4.45. The van der Waals surface area contributed by atoms with E-state index < -0.39 is 5.92 Å². The van der Waals surface area contributed by atoms with Crippen LogP contribution >= 0.6 is 0 Å². The van der Waals surface area contributed by atoms with E-state index in [9.17, 15) is 13.6 Å². The molecular formula is C10H17F2NO2. The standard InChI is InChI=1S/C10H17F2NO2/c11-10(12)4-2-8(3-5-10)9(15)13-6-1-7-14/h8,14H,1-7H2,(H,13,15). The molecule has 0 aromatic carbocycles. The Morgan fingerprint density at radius 1 is 1.40 bits per heavy atom. The largest absolute Gasteiger partial charge is 0.396 e. The van der Waals surface area contributed by atoms with E-state index in [1.54, 1.807) is 0 Å². The number of halogens is 2. The SMILES string of the molecule is O=C(NCCCO)C1CCC(F)(F)CC1. The summed E-state index contributed by atoms with van der Waals surface area (Å²) in [7, 11) is 0. The summed E-state index contributed by atoms with van der Waals surface area (Å²) in [5.74, 6) is -3.01. The van der Waals surface area contributed by atoms with Crippen molar-refractivity contribution < 1.29 is 18.7 Å². The van der Waals surface area contributed by atoms with E-state index in [0.29, 0.717) is 13.0 Å².